The number of alkyl halides is 2. The molecule has 0 aliphatic rings. The van der Waals surface area contributed by atoms with E-state index in [-0.39, 0.29) is 5.56 Å². The number of hydrogen-bond acceptors (Lipinski definition) is 1. The van der Waals surface area contributed by atoms with Crippen LogP contribution in [0.15, 0.2) is 35.9 Å². The summed E-state index contributed by atoms with van der Waals surface area (Å²) in [6, 6.07) is 6.28. The van der Waals surface area contributed by atoms with Gasteiger partial charge < -0.3 is 5.41 Å². The molecule has 1 aromatic carbocycles. The number of hydrogen-bond donors (Lipinski definition) is 1. The lowest BCUT2D eigenvalue weighted by Crippen LogP contribution is -2.06. The van der Waals surface area contributed by atoms with E-state index < -0.39 is 5.92 Å². The Labute approximate surface area is 128 Å². The van der Waals surface area contributed by atoms with Gasteiger partial charge in [0.1, 0.15) is 0 Å². The van der Waals surface area contributed by atoms with Crippen LogP contribution in [0, 0.1) is 12.3 Å². The van der Waals surface area contributed by atoms with Crippen molar-refractivity contribution < 1.29 is 8.78 Å². The smallest absolute Gasteiger partial charge is 0.270 e. The van der Waals surface area contributed by atoms with Crippen molar-refractivity contribution in [3.8, 4) is 0 Å². The van der Waals surface area contributed by atoms with Crippen molar-refractivity contribution in [3.05, 3.63) is 47.0 Å². The highest BCUT2D eigenvalue weighted by Crippen LogP contribution is 2.26. The van der Waals surface area contributed by atoms with Crippen LogP contribution in [0.25, 0.3) is 0 Å². The minimum Gasteiger partial charge on any atom is -0.305 e. The van der Waals surface area contributed by atoms with Crippen LogP contribution in [0.5, 0.6) is 0 Å². The van der Waals surface area contributed by atoms with Crippen LogP contribution in [0.1, 0.15) is 59.1 Å². The Hall–Kier alpha value is -1.51. The average Bonchev–Trinajstić information content (AvgIpc) is 2.41. The van der Waals surface area contributed by atoms with Crippen molar-refractivity contribution >= 4 is 5.71 Å². The first-order valence-corrected chi connectivity index (χ1v) is 7.35. The topological polar surface area (TPSA) is 23.9 Å². The SMILES string of the molecule is CC.CC/C=C(/C)C(C)=N.Cc1ccc(C(C)(F)F)cc1. The predicted molar refractivity (Wildman–Crippen MR) is 89.5 cm³/mol. The summed E-state index contributed by atoms with van der Waals surface area (Å²) in [7, 11) is 0. The second kappa shape index (κ2) is 11.2. The molecule has 1 N–H and O–H groups in total. The molecule has 0 amide bonds. The van der Waals surface area contributed by atoms with Gasteiger partial charge >= 0.3 is 0 Å². The van der Waals surface area contributed by atoms with Crippen LogP contribution in [-0.4, -0.2) is 5.71 Å². The van der Waals surface area contributed by atoms with Crippen molar-refractivity contribution in [3.63, 3.8) is 0 Å². The molecule has 21 heavy (non-hydrogen) atoms. The molecule has 0 aromatic heterocycles. The Balaban J connectivity index is 0. The summed E-state index contributed by atoms with van der Waals surface area (Å²) in [5.41, 5.74) is 2.83. The lowest BCUT2D eigenvalue weighted by atomic mass is 10.1. The van der Waals surface area contributed by atoms with Crippen molar-refractivity contribution in [2.45, 2.75) is 60.8 Å². The van der Waals surface area contributed by atoms with E-state index >= 15 is 0 Å². The first-order valence-electron chi connectivity index (χ1n) is 7.35. The minimum atomic E-state index is -2.71. The third-order valence-corrected chi connectivity index (χ3v) is 2.66. The Bertz CT molecular complexity index is 426. The van der Waals surface area contributed by atoms with Gasteiger partial charge in [0.25, 0.3) is 5.92 Å². The quantitative estimate of drug-likeness (QED) is 0.614. The number of halogens is 2. The summed E-state index contributed by atoms with van der Waals surface area (Å²) in [5, 5.41) is 7.14. The predicted octanol–water partition coefficient (Wildman–Crippen LogP) is 6.52. The van der Waals surface area contributed by atoms with E-state index in [1.807, 2.05) is 34.6 Å². The van der Waals surface area contributed by atoms with Crippen molar-refractivity contribution in [1.82, 2.24) is 0 Å². The van der Waals surface area contributed by atoms with Crippen LogP contribution >= 0.6 is 0 Å². The maximum absolute atomic E-state index is 12.6. The lowest BCUT2D eigenvalue weighted by molar-refractivity contribution is 0.0174. The molecule has 0 radical (unpaired) electrons. The molecule has 120 valence electrons. The van der Waals surface area contributed by atoms with Crippen LogP contribution in [0.2, 0.25) is 0 Å². The summed E-state index contributed by atoms with van der Waals surface area (Å²) in [5.74, 6) is -2.71. The fourth-order valence-corrected chi connectivity index (χ4v) is 1.31. The maximum atomic E-state index is 12.6. The standard InChI is InChI=1S/C9H10F2.C7H13N.C2H6/c1-7-3-5-8(6-4-7)9(2,10)11;1-4-5-6(2)7(3)8;1-2/h3-6H,1-2H3;5,8H,4H2,1-3H3;1-2H3/b;6-5-,8-7?;. The fraction of sp³-hybridized carbons (Fsp3) is 0.500. The van der Waals surface area contributed by atoms with Crippen LogP contribution in [0.3, 0.4) is 0 Å². The summed E-state index contributed by atoms with van der Waals surface area (Å²) in [4.78, 5) is 0. The van der Waals surface area contributed by atoms with Gasteiger partial charge in [0, 0.05) is 18.2 Å². The molecule has 0 spiro atoms. The van der Waals surface area contributed by atoms with E-state index in [1.165, 1.54) is 12.1 Å². The van der Waals surface area contributed by atoms with Crippen LogP contribution in [0.4, 0.5) is 8.78 Å². The van der Waals surface area contributed by atoms with Crippen molar-refractivity contribution in [2.75, 3.05) is 0 Å². The van der Waals surface area contributed by atoms with E-state index in [0.29, 0.717) is 5.71 Å². The summed E-state index contributed by atoms with van der Waals surface area (Å²) in [6.45, 7) is 12.6. The first-order chi connectivity index (χ1) is 9.68. The molecule has 0 unspecified atom stereocenters. The normalized spacial score (nSPS) is 10.8. The number of aryl methyl sites for hydroxylation is 1. The number of benzene rings is 1. The van der Waals surface area contributed by atoms with E-state index in [2.05, 4.69) is 13.0 Å². The van der Waals surface area contributed by atoms with Crippen LogP contribution < -0.4 is 0 Å². The Morgan fingerprint density at radius 3 is 1.81 bits per heavy atom. The Kier molecular flexibility index (Phi) is 11.6. The third-order valence-electron chi connectivity index (χ3n) is 2.66. The molecule has 0 saturated heterocycles. The second-order valence-electron chi connectivity index (χ2n) is 4.67. The molecule has 1 rings (SSSR count). The van der Waals surface area contributed by atoms with Gasteiger partial charge in [-0.2, -0.15) is 0 Å². The van der Waals surface area contributed by atoms with Gasteiger partial charge in [-0.3, -0.25) is 0 Å². The number of rotatable bonds is 3. The molecule has 1 nitrogen and oxygen atoms in total. The molecule has 0 aliphatic carbocycles. The van der Waals surface area contributed by atoms with Gasteiger partial charge in [-0.15, -0.1) is 0 Å². The minimum absolute atomic E-state index is 0.0723. The van der Waals surface area contributed by atoms with Gasteiger partial charge in [-0.05, 0) is 32.8 Å². The van der Waals surface area contributed by atoms with Crippen LogP contribution in [-0.2, 0) is 5.92 Å². The summed E-state index contributed by atoms with van der Waals surface area (Å²) < 4.78 is 25.2. The van der Waals surface area contributed by atoms with Crippen molar-refractivity contribution in [1.29, 1.82) is 5.41 Å². The monoisotopic (exact) mass is 297 g/mol. The molecule has 0 bridgehead atoms. The van der Waals surface area contributed by atoms with Gasteiger partial charge in [0.2, 0.25) is 0 Å². The van der Waals surface area contributed by atoms with Gasteiger partial charge in [0.05, 0.1) is 0 Å². The van der Waals surface area contributed by atoms with Crippen molar-refractivity contribution in [2.24, 2.45) is 0 Å². The third kappa shape index (κ3) is 10.9. The summed E-state index contributed by atoms with van der Waals surface area (Å²) in [6.07, 6.45) is 3.09. The highest BCUT2D eigenvalue weighted by Gasteiger charge is 2.23. The number of allylic oxidation sites excluding steroid dienone is 2. The molecule has 0 fully saturated rings. The number of nitrogens with one attached hydrogen (secondary N) is 1. The zero-order valence-electron chi connectivity index (χ0n) is 14.3. The van der Waals surface area contributed by atoms with E-state index in [9.17, 15) is 8.78 Å². The maximum Gasteiger partial charge on any atom is 0.270 e. The van der Waals surface area contributed by atoms with E-state index in [1.54, 1.807) is 12.1 Å². The average molecular weight is 297 g/mol. The molecule has 3 heteroatoms. The molecule has 0 atom stereocenters. The zero-order valence-corrected chi connectivity index (χ0v) is 14.3. The molecular weight excluding hydrogens is 268 g/mol. The highest BCUT2D eigenvalue weighted by molar-refractivity contribution is 5.94. The molecule has 0 aliphatic heterocycles. The molecular formula is C18H29F2N. The Morgan fingerprint density at radius 1 is 1.14 bits per heavy atom. The zero-order chi connectivity index (χ0) is 17.1. The highest BCUT2D eigenvalue weighted by atomic mass is 19.3. The Morgan fingerprint density at radius 2 is 1.57 bits per heavy atom. The van der Waals surface area contributed by atoms with Gasteiger partial charge in [-0.25, -0.2) is 8.78 Å². The van der Waals surface area contributed by atoms with Gasteiger partial charge in [0.15, 0.2) is 0 Å². The van der Waals surface area contributed by atoms with E-state index in [4.69, 9.17) is 5.41 Å². The van der Waals surface area contributed by atoms with Gasteiger partial charge in [-0.1, -0.05) is 56.7 Å². The lowest BCUT2D eigenvalue weighted by Gasteiger charge is -2.09. The molecule has 0 heterocycles. The summed E-state index contributed by atoms with van der Waals surface area (Å²) >= 11 is 0. The molecule has 0 saturated carbocycles. The first kappa shape index (κ1) is 21.8. The van der Waals surface area contributed by atoms with E-state index in [0.717, 1.165) is 24.5 Å². The largest absolute Gasteiger partial charge is 0.305 e. The molecule has 1 aromatic rings. The fourth-order valence-electron chi connectivity index (χ4n) is 1.31. The second-order valence-corrected chi connectivity index (χ2v) is 4.67.